The Morgan fingerprint density at radius 3 is 2.91 bits per heavy atom. The van der Waals surface area contributed by atoms with Crippen molar-refractivity contribution in [1.29, 1.82) is 0 Å². The maximum atomic E-state index is 11.1. The van der Waals surface area contributed by atoms with Crippen LogP contribution >= 0.6 is 0 Å². The van der Waals surface area contributed by atoms with E-state index < -0.39 is 0 Å². The second kappa shape index (κ2) is 3.11. The lowest BCUT2D eigenvalue weighted by Gasteiger charge is -2.34. The summed E-state index contributed by atoms with van der Waals surface area (Å²) in [6.45, 7) is 4.03. The van der Waals surface area contributed by atoms with Crippen LogP contribution in [0.1, 0.15) is 26.7 Å². The topological polar surface area (TPSA) is 29.5 Å². The molecule has 0 aromatic heterocycles. The second-order valence-electron chi connectivity index (χ2n) is 3.10. The van der Waals surface area contributed by atoms with E-state index in [9.17, 15) is 4.79 Å². The lowest BCUT2D eigenvalue weighted by Crippen LogP contribution is -2.45. The number of ether oxygens (including phenoxy) is 1. The SMILES string of the molecule is CCC1CC(C)OC(=O)N1C. The van der Waals surface area contributed by atoms with Crippen molar-refractivity contribution in [3.63, 3.8) is 0 Å². The molecule has 1 rings (SSSR count). The van der Waals surface area contributed by atoms with Gasteiger partial charge in [0.25, 0.3) is 0 Å². The van der Waals surface area contributed by atoms with Gasteiger partial charge in [-0.2, -0.15) is 0 Å². The minimum Gasteiger partial charge on any atom is -0.446 e. The molecule has 11 heavy (non-hydrogen) atoms. The molecule has 3 heteroatoms. The average molecular weight is 157 g/mol. The number of nitrogens with zero attached hydrogens (tertiary/aromatic N) is 1. The molecule has 1 aliphatic rings. The maximum Gasteiger partial charge on any atom is 0.410 e. The summed E-state index contributed by atoms with van der Waals surface area (Å²) < 4.78 is 5.02. The molecule has 2 atom stereocenters. The van der Waals surface area contributed by atoms with Crippen molar-refractivity contribution in [2.24, 2.45) is 0 Å². The monoisotopic (exact) mass is 157 g/mol. The van der Waals surface area contributed by atoms with Crippen LogP contribution in [0, 0.1) is 0 Å². The molecule has 0 saturated carbocycles. The molecule has 1 heterocycles. The summed E-state index contributed by atoms with van der Waals surface area (Å²) in [4.78, 5) is 12.8. The lowest BCUT2D eigenvalue weighted by molar-refractivity contribution is 0.0152. The van der Waals surface area contributed by atoms with Gasteiger partial charge in [-0.25, -0.2) is 4.79 Å². The Morgan fingerprint density at radius 1 is 1.73 bits per heavy atom. The molecule has 1 aliphatic heterocycles. The van der Waals surface area contributed by atoms with E-state index in [-0.39, 0.29) is 12.2 Å². The number of cyclic esters (lactones) is 1. The molecule has 1 fully saturated rings. The van der Waals surface area contributed by atoms with Crippen LogP contribution in [0.2, 0.25) is 0 Å². The van der Waals surface area contributed by atoms with Crippen LogP contribution in [0.3, 0.4) is 0 Å². The number of hydrogen-bond donors (Lipinski definition) is 0. The highest BCUT2D eigenvalue weighted by atomic mass is 16.6. The average Bonchev–Trinajstić information content (AvgIpc) is 1.96. The largest absolute Gasteiger partial charge is 0.446 e. The van der Waals surface area contributed by atoms with Crippen molar-refractivity contribution in [2.45, 2.75) is 38.8 Å². The molecule has 0 N–H and O–H groups in total. The van der Waals surface area contributed by atoms with Gasteiger partial charge in [0, 0.05) is 19.5 Å². The van der Waals surface area contributed by atoms with E-state index in [4.69, 9.17) is 4.74 Å². The quantitative estimate of drug-likeness (QED) is 0.579. The van der Waals surface area contributed by atoms with Crippen molar-refractivity contribution in [3.8, 4) is 0 Å². The number of carbonyl (C=O) groups excluding carboxylic acids is 1. The zero-order chi connectivity index (χ0) is 8.43. The molecule has 2 unspecified atom stereocenters. The van der Waals surface area contributed by atoms with Crippen LogP contribution in [0.4, 0.5) is 4.79 Å². The summed E-state index contributed by atoms with van der Waals surface area (Å²) in [6, 6.07) is 0.367. The van der Waals surface area contributed by atoms with E-state index in [0.29, 0.717) is 6.04 Å². The van der Waals surface area contributed by atoms with Gasteiger partial charge in [-0.15, -0.1) is 0 Å². The molecule has 1 saturated heterocycles. The van der Waals surface area contributed by atoms with Crippen molar-refractivity contribution < 1.29 is 9.53 Å². The first kappa shape index (κ1) is 8.37. The predicted molar refractivity (Wildman–Crippen MR) is 42.4 cm³/mol. The molecule has 0 radical (unpaired) electrons. The fourth-order valence-electron chi connectivity index (χ4n) is 1.43. The number of carbonyl (C=O) groups is 1. The molecular formula is C8H15NO2. The van der Waals surface area contributed by atoms with Crippen molar-refractivity contribution in [3.05, 3.63) is 0 Å². The molecule has 0 aromatic rings. The van der Waals surface area contributed by atoms with Gasteiger partial charge in [-0.05, 0) is 13.3 Å². The van der Waals surface area contributed by atoms with Crippen LogP contribution in [0.25, 0.3) is 0 Å². The summed E-state index contributed by atoms with van der Waals surface area (Å²) in [7, 11) is 1.79. The standard InChI is InChI=1S/C8H15NO2/c1-4-7-5-6(2)11-8(10)9(7)3/h6-7H,4-5H2,1-3H3. The lowest BCUT2D eigenvalue weighted by atomic mass is 10.1. The van der Waals surface area contributed by atoms with Gasteiger partial charge >= 0.3 is 6.09 Å². The second-order valence-corrected chi connectivity index (χ2v) is 3.10. The molecular weight excluding hydrogens is 142 g/mol. The third-order valence-corrected chi connectivity index (χ3v) is 2.21. The van der Waals surface area contributed by atoms with Gasteiger partial charge in [0.15, 0.2) is 0 Å². The smallest absolute Gasteiger partial charge is 0.410 e. The summed E-state index contributed by atoms with van der Waals surface area (Å²) >= 11 is 0. The molecule has 0 aliphatic carbocycles. The molecule has 3 nitrogen and oxygen atoms in total. The van der Waals surface area contributed by atoms with E-state index in [0.717, 1.165) is 12.8 Å². The molecule has 0 bridgehead atoms. The van der Waals surface area contributed by atoms with E-state index in [1.165, 1.54) is 0 Å². The fraction of sp³-hybridized carbons (Fsp3) is 0.875. The molecule has 64 valence electrons. The highest BCUT2D eigenvalue weighted by Crippen LogP contribution is 2.18. The normalized spacial score (nSPS) is 31.9. The zero-order valence-electron chi connectivity index (χ0n) is 7.33. The van der Waals surface area contributed by atoms with Gasteiger partial charge in [0.05, 0.1) is 0 Å². The Hall–Kier alpha value is -0.730. The Labute approximate surface area is 67.3 Å². The summed E-state index contributed by atoms with van der Waals surface area (Å²) in [5.41, 5.74) is 0. The van der Waals surface area contributed by atoms with E-state index in [1.807, 2.05) is 6.92 Å². The first-order chi connectivity index (χ1) is 5.15. The zero-order valence-corrected chi connectivity index (χ0v) is 7.33. The maximum absolute atomic E-state index is 11.1. The van der Waals surface area contributed by atoms with Gasteiger partial charge in [-0.3, -0.25) is 0 Å². The highest BCUT2D eigenvalue weighted by molar-refractivity contribution is 5.68. The Bertz CT molecular complexity index is 158. The Morgan fingerprint density at radius 2 is 2.36 bits per heavy atom. The van der Waals surface area contributed by atoms with E-state index in [2.05, 4.69) is 6.92 Å². The van der Waals surface area contributed by atoms with Crippen molar-refractivity contribution in [1.82, 2.24) is 4.90 Å². The molecule has 1 amide bonds. The minimum atomic E-state index is -0.185. The van der Waals surface area contributed by atoms with Gasteiger partial charge in [0.2, 0.25) is 0 Å². The summed E-state index contributed by atoms with van der Waals surface area (Å²) in [5.74, 6) is 0. The Balaban J connectivity index is 2.58. The van der Waals surface area contributed by atoms with Crippen molar-refractivity contribution >= 4 is 6.09 Å². The predicted octanol–water partition coefficient (Wildman–Crippen LogP) is 1.63. The van der Waals surface area contributed by atoms with Crippen LogP contribution < -0.4 is 0 Å². The van der Waals surface area contributed by atoms with Gasteiger partial charge in [-0.1, -0.05) is 6.92 Å². The van der Waals surface area contributed by atoms with Gasteiger partial charge < -0.3 is 9.64 Å². The third-order valence-electron chi connectivity index (χ3n) is 2.21. The van der Waals surface area contributed by atoms with Crippen LogP contribution in [-0.4, -0.2) is 30.2 Å². The number of amides is 1. The number of rotatable bonds is 1. The molecule has 0 aromatic carbocycles. The van der Waals surface area contributed by atoms with Gasteiger partial charge in [0.1, 0.15) is 6.10 Å². The summed E-state index contributed by atoms with van der Waals surface area (Å²) in [6.07, 6.45) is 1.87. The Kier molecular flexibility index (Phi) is 2.37. The van der Waals surface area contributed by atoms with Crippen molar-refractivity contribution in [2.75, 3.05) is 7.05 Å². The molecule has 0 spiro atoms. The fourth-order valence-corrected chi connectivity index (χ4v) is 1.43. The minimum absolute atomic E-state index is 0.0867. The highest BCUT2D eigenvalue weighted by Gasteiger charge is 2.28. The first-order valence-electron chi connectivity index (χ1n) is 4.08. The van der Waals surface area contributed by atoms with E-state index in [1.54, 1.807) is 11.9 Å². The number of hydrogen-bond acceptors (Lipinski definition) is 2. The third kappa shape index (κ3) is 1.64. The first-order valence-corrected chi connectivity index (χ1v) is 4.08. The van der Waals surface area contributed by atoms with E-state index >= 15 is 0 Å². The van der Waals surface area contributed by atoms with Crippen LogP contribution in [0.5, 0.6) is 0 Å². The van der Waals surface area contributed by atoms with Crippen LogP contribution in [-0.2, 0) is 4.74 Å². The summed E-state index contributed by atoms with van der Waals surface area (Å²) in [5, 5.41) is 0. The van der Waals surface area contributed by atoms with Crippen LogP contribution in [0.15, 0.2) is 0 Å².